The quantitative estimate of drug-likeness (QED) is 0.790. The first-order chi connectivity index (χ1) is 9.67. The van der Waals surface area contributed by atoms with Crippen LogP contribution < -0.4 is 0 Å². The Labute approximate surface area is 119 Å². The molecule has 0 atom stereocenters. The minimum atomic E-state index is 0.0656. The summed E-state index contributed by atoms with van der Waals surface area (Å²) in [7, 11) is 0. The molecule has 4 nitrogen and oxygen atoms in total. The highest BCUT2D eigenvalue weighted by molar-refractivity contribution is 6.05. The Balaban J connectivity index is 2.22. The van der Waals surface area contributed by atoms with Gasteiger partial charge in [0.2, 0.25) is 0 Å². The van der Waals surface area contributed by atoms with Crippen molar-refractivity contribution in [1.82, 2.24) is 9.30 Å². The molecule has 0 aliphatic rings. The minimum Gasteiger partial charge on any atom is -0.506 e. The van der Waals surface area contributed by atoms with Crippen molar-refractivity contribution in [2.75, 3.05) is 19.6 Å². The van der Waals surface area contributed by atoms with Crippen LogP contribution in [0.5, 0.6) is 5.75 Å². The van der Waals surface area contributed by atoms with Crippen LogP contribution in [0.25, 0.3) is 5.52 Å². The number of pyridine rings is 1. The Hall–Kier alpha value is -1.81. The molecule has 0 amide bonds. The molecule has 0 aliphatic heterocycles. The predicted molar refractivity (Wildman–Crippen MR) is 80.4 cm³/mol. The van der Waals surface area contributed by atoms with Gasteiger partial charge in [-0.15, -0.1) is 0 Å². The maximum Gasteiger partial charge on any atom is 0.179 e. The zero-order chi connectivity index (χ0) is 14.5. The molecule has 0 aliphatic carbocycles. The van der Waals surface area contributed by atoms with Gasteiger partial charge in [-0.05, 0) is 44.1 Å². The fraction of sp³-hybridized carbons (Fsp3) is 0.438. The van der Waals surface area contributed by atoms with Gasteiger partial charge >= 0.3 is 0 Å². The summed E-state index contributed by atoms with van der Waals surface area (Å²) in [5.74, 6) is 0.217. The van der Waals surface area contributed by atoms with E-state index in [0.29, 0.717) is 17.6 Å². The summed E-state index contributed by atoms with van der Waals surface area (Å²) in [6.07, 6.45) is 5.72. The van der Waals surface area contributed by atoms with E-state index in [1.165, 1.54) is 0 Å². The number of fused-ring (bicyclic) bond motifs is 1. The zero-order valence-electron chi connectivity index (χ0n) is 12.2. The fourth-order valence-electron chi connectivity index (χ4n) is 2.56. The van der Waals surface area contributed by atoms with Gasteiger partial charge in [-0.3, -0.25) is 9.69 Å². The molecular formula is C16H22N2O2. The molecule has 0 bridgehead atoms. The highest BCUT2D eigenvalue weighted by atomic mass is 16.3. The third-order valence-corrected chi connectivity index (χ3v) is 3.41. The Morgan fingerprint density at radius 3 is 2.55 bits per heavy atom. The summed E-state index contributed by atoms with van der Waals surface area (Å²) in [6, 6.07) is 5.16. The highest BCUT2D eigenvalue weighted by Gasteiger charge is 2.16. The largest absolute Gasteiger partial charge is 0.506 e. The number of carbonyl (C=O) groups excluding carboxylic acids is 1. The molecule has 1 N–H and O–H groups in total. The fourth-order valence-corrected chi connectivity index (χ4v) is 2.56. The first-order valence-corrected chi connectivity index (χ1v) is 7.21. The van der Waals surface area contributed by atoms with E-state index in [-0.39, 0.29) is 11.5 Å². The number of carbonyl (C=O) groups is 1. The Bertz CT molecular complexity index is 583. The number of aromatic hydroxyl groups is 1. The van der Waals surface area contributed by atoms with Crippen molar-refractivity contribution in [3.63, 3.8) is 0 Å². The van der Waals surface area contributed by atoms with Gasteiger partial charge in [0.05, 0.1) is 12.1 Å². The van der Waals surface area contributed by atoms with E-state index in [1.807, 2.05) is 12.4 Å². The van der Waals surface area contributed by atoms with Crippen molar-refractivity contribution in [3.05, 3.63) is 36.2 Å². The van der Waals surface area contributed by atoms with Crippen molar-refractivity contribution in [1.29, 1.82) is 0 Å². The molecule has 2 aromatic rings. The zero-order valence-corrected chi connectivity index (χ0v) is 12.2. The number of hydrogen-bond donors (Lipinski definition) is 1. The van der Waals surface area contributed by atoms with Gasteiger partial charge < -0.3 is 9.51 Å². The van der Waals surface area contributed by atoms with Gasteiger partial charge in [0.1, 0.15) is 5.75 Å². The SMILES string of the molecule is CCCN(CCC)CC(=O)c1ccn2cccc(O)c12. The third kappa shape index (κ3) is 3.02. The number of rotatable bonds is 7. The Kier molecular flexibility index (Phi) is 4.79. The first kappa shape index (κ1) is 14.6. The molecule has 0 radical (unpaired) electrons. The second kappa shape index (κ2) is 6.57. The van der Waals surface area contributed by atoms with Gasteiger partial charge in [0.25, 0.3) is 0 Å². The second-order valence-corrected chi connectivity index (χ2v) is 5.08. The lowest BCUT2D eigenvalue weighted by Gasteiger charge is -2.19. The van der Waals surface area contributed by atoms with Crippen LogP contribution in [0.1, 0.15) is 37.0 Å². The molecule has 108 valence electrons. The van der Waals surface area contributed by atoms with E-state index in [4.69, 9.17) is 0 Å². The summed E-state index contributed by atoms with van der Waals surface area (Å²) in [6.45, 7) is 6.50. The molecule has 2 rings (SSSR count). The highest BCUT2D eigenvalue weighted by Crippen LogP contribution is 2.23. The van der Waals surface area contributed by atoms with E-state index < -0.39 is 0 Å². The molecule has 0 unspecified atom stereocenters. The van der Waals surface area contributed by atoms with Crippen molar-refractivity contribution < 1.29 is 9.90 Å². The molecule has 2 aromatic heterocycles. The molecule has 0 saturated heterocycles. The van der Waals surface area contributed by atoms with E-state index in [2.05, 4.69) is 18.7 Å². The van der Waals surface area contributed by atoms with Crippen LogP contribution in [0.4, 0.5) is 0 Å². The molecule has 2 heterocycles. The maximum absolute atomic E-state index is 12.5. The Morgan fingerprint density at radius 1 is 1.20 bits per heavy atom. The van der Waals surface area contributed by atoms with Crippen molar-refractivity contribution in [2.24, 2.45) is 0 Å². The lowest BCUT2D eigenvalue weighted by molar-refractivity contribution is 0.0932. The van der Waals surface area contributed by atoms with Crippen LogP contribution in [0.2, 0.25) is 0 Å². The Morgan fingerprint density at radius 2 is 1.90 bits per heavy atom. The summed E-state index contributed by atoms with van der Waals surface area (Å²) in [4.78, 5) is 14.6. The molecule has 0 spiro atoms. The average molecular weight is 274 g/mol. The minimum absolute atomic E-state index is 0.0656. The van der Waals surface area contributed by atoms with E-state index >= 15 is 0 Å². The molecular weight excluding hydrogens is 252 g/mol. The van der Waals surface area contributed by atoms with Gasteiger partial charge in [-0.1, -0.05) is 13.8 Å². The monoisotopic (exact) mass is 274 g/mol. The van der Waals surface area contributed by atoms with Gasteiger partial charge in [-0.2, -0.15) is 0 Å². The summed E-state index contributed by atoms with van der Waals surface area (Å²) in [5.41, 5.74) is 1.20. The average Bonchev–Trinajstić information content (AvgIpc) is 2.84. The number of ketones is 1. The first-order valence-electron chi connectivity index (χ1n) is 7.21. The molecule has 4 heteroatoms. The lowest BCUT2D eigenvalue weighted by atomic mass is 10.1. The number of aromatic nitrogens is 1. The van der Waals surface area contributed by atoms with Gasteiger partial charge in [0.15, 0.2) is 5.78 Å². The van der Waals surface area contributed by atoms with Crippen LogP contribution in [0.15, 0.2) is 30.6 Å². The number of hydrogen-bond acceptors (Lipinski definition) is 3. The third-order valence-electron chi connectivity index (χ3n) is 3.41. The standard InChI is InChI=1S/C16H22N2O2/c1-3-8-17(9-4-2)12-15(20)13-7-11-18-10-5-6-14(19)16(13)18/h5-7,10-11,19H,3-4,8-9,12H2,1-2H3. The number of Topliss-reactive ketones (excluding diaryl/α,β-unsaturated/α-hetero) is 1. The second-order valence-electron chi connectivity index (χ2n) is 5.08. The van der Waals surface area contributed by atoms with Crippen LogP contribution in [-0.4, -0.2) is 39.8 Å². The van der Waals surface area contributed by atoms with Crippen LogP contribution in [-0.2, 0) is 0 Å². The van der Waals surface area contributed by atoms with E-state index in [0.717, 1.165) is 25.9 Å². The molecule has 0 aromatic carbocycles. The van der Waals surface area contributed by atoms with Crippen LogP contribution >= 0.6 is 0 Å². The molecule has 0 fully saturated rings. The van der Waals surface area contributed by atoms with Crippen molar-refractivity contribution >= 4 is 11.3 Å². The lowest BCUT2D eigenvalue weighted by Crippen LogP contribution is -2.31. The van der Waals surface area contributed by atoms with E-state index in [1.54, 1.807) is 22.6 Å². The predicted octanol–water partition coefficient (Wildman–Crippen LogP) is 2.95. The van der Waals surface area contributed by atoms with Gasteiger partial charge in [-0.25, -0.2) is 0 Å². The van der Waals surface area contributed by atoms with Crippen LogP contribution in [0.3, 0.4) is 0 Å². The number of nitrogens with zero attached hydrogens (tertiary/aromatic N) is 2. The molecule has 20 heavy (non-hydrogen) atoms. The van der Waals surface area contributed by atoms with Crippen molar-refractivity contribution in [2.45, 2.75) is 26.7 Å². The van der Waals surface area contributed by atoms with Gasteiger partial charge in [0, 0.05) is 18.0 Å². The molecule has 0 saturated carbocycles. The maximum atomic E-state index is 12.5. The summed E-state index contributed by atoms with van der Waals surface area (Å²) < 4.78 is 1.78. The summed E-state index contributed by atoms with van der Waals surface area (Å²) >= 11 is 0. The smallest absolute Gasteiger partial charge is 0.179 e. The van der Waals surface area contributed by atoms with Crippen molar-refractivity contribution in [3.8, 4) is 5.75 Å². The van der Waals surface area contributed by atoms with Crippen LogP contribution in [0, 0.1) is 0 Å². The summed E-state index contributed by atoms with van der Waals surface area (Å²) in [5, 5.41) is 9.94. The normalized spacial score (nSPS) is 11.3. The van der Waals surface area contributed by atoms with E-state index in [9.17, 15) is 9.90 Å². The topological polar surface area (TPSA) is 45.0 Å².